The first kappa shape index (κ1) is 8.05. The molecule has 0 spiro atoms. The van der Waals surface area contributed by atoms with E-state index in [1.54, 1.807) is 0 Å². The lowest BCUT2D eigenvalue weighted by Crippen LogP contribution is -2.30. The van der Waals surface area contributed by atoms with E-state index < -0.39 is 5.60 Å². The first-order valence-corrected chi connectivity index (χ1v) is 4.49. The van der Waals surface area contributed by atoms with Gasteiger partial charge < -0.3 is 9.47 Å². The van der Waals surface area contributed by atoms with Crippen molar-refractivity contribution in [3.63, 3.8) is 0 Å². The molecule has 0 radical (unpaired) electrons. The molecule has 1 saturated carbocycles. The molecule has 2 unspecified atom stereocenters. The van der Waals surface area contributed by atoms with Gasteiger partial charge in [-0.25, -0.2) is 4.79 Å². The molecule has 1 aliphatic carbocycles. The lowest BCUT2D eigenvalue weighted by atomic mass is 9.94. The molecule has 68 valence electrons. The van der Waals surface area contributed by atoms with Gasteiger partial charge in [-0.15, -0.1) is 0 Å². The molecule has 1 heterocycles. The van der Waals surface area contributed by atoms with Crippen molar-refractivity contribution in [2.45, 2.75) is 43.8 Å². The van der Waals surface area contributed by atoms with Crippen LogP contribution in [0.2, 0.25) is 0 Å². The summed E-state index contributed by atoms with van der Waals surface area (Å²) in [5.74, 6) is -0.179. The SMILES string of the molecule is CCC12CCCC1(C(=O)OC)O2. The number of methoxy groups -OCH3 is 1. The van der Waals surface area contributed by atoms with Crippen LogP contribution in [0.4, 0.5) is 0 Å². The molecule has 12 heavy (non-hydrogen) atoms. The lowest BCUT2D eigenvalue weighted by Gasteiger charge is -2.06. The molecule has 2 atom stereocenters. The molecule has 3 heteroatoms. The summed E-state index contributed by atoms with van der Waals surface area (Å²) in [4.78, 5) is 11.4. The van der Waals surface area contributed by atoms with Crippen LogP contribution in [-0.4, -0.2) is 24.3 Å². The van der Waals surface area contributed by atoms with Gasteiger partial charge >= 0.3 is 5.97 Å². The molecule has 0 aromatic rings. The third kappa shape index (κ3) is 0.678. The van der Waals surface area contributed by atoms with E-state index in [-0.39, 0.29) is 11.6 Å². The zero-order valence-electron chi connectivity index (χ0n) is 7.55. The largest absolute Gasteiger partial charge is 0.467 e. The van der Waals surface area contributed by atoms with E-state index in [0.29, 0.717) is 0 Å². The minimum absolute atomic E-state index is 0.153. The summed E-state index contributed by atoms with van der Waals surface area (Å²) in [5, 5.41) is 0. The van der Waals surface area contributed by atoms with Crippen LogP contribution >= 0.6 is 0 Å². The van der Waals surface area contributed by atoms with E-state index in [1.807, 2.05) is 0 Å². The van der Waals surface area contributed by atoms with Crippen LogP contribution in [0.1, 0.15) is 32.6 Å². The fraction of sp³-hybridized carbons (Fsp3) is 0.889. The maximum Gasteiger partial charge on any atom is 0.341 e. The summed E-state index contributed by atoms with van der Waals surface area (Å²) in [6.07, 6.45) is 3.86. The molecule has 1 aliphatic heterocycles. The third-order valence-electron chi connectivity index (χ3n) is 3.26. The van der Waals surface area contributed by atoms with E-state index in [4.69, 9.17) is 9.47 Å². The lowest BCUT2D eigenvalue weighted by molar-refractivity contribution is -0.147. The number of carbonyl (C=O) groups is 1. The van der Waals surface area contributed by atoms with Gasteiger partial charge in [0.15, 0.2) is 5.60 Å². The fourth-order valence-electron chi connectivity index (χ4n) is 2.49. The van der Waals surface area contributed by atoms with E-state index in [9.17, 15) is 4.79 Å². The standard InChI is InChI=1S/C9H14O3/c1-3-8-5-4-6-9(8,12-8)7(10)11-2/h3-6H2,1-2H3. The Morgan fingerprint density at radius 3 is 2.83 bits per heavy atom. The Morgan fingerprint density at radius 2 is 2.33 bits per heavy atom. The Hall–Kier alpha value is -0.570. The van der Waals surface area contributed by atoms with Gasteiger partial charge in [0.1, 0.15) is 5.60 Å². The minimum Gasteiger partial charge on any atom is -0.467 e. The number of epoxide rings is 1. The van der Waals surface area contributed by atoms with Crippen molar-refractivity contribution >= 4 is 5.97 Å². The Bertz CT molecular complexity index is 226. The highest BCUT2D eigenvalue weighted by Crippen LogP contribution is 2.61. The first-order valence-electron chi connectivity index (χ1n) is 4.49. The van der Waals surface area contributed by atoms with Gasteiger partial charge in [0, 0.05) is 0 Å². The molecule has 2 aliphatic rings. The quantitative estimate of drug-likeness (QED) is 0.462. The normalized spacial score (nSPS) is 43.8. The van der Waals surface area contributed by atoms with Crippen LogP contribution in [0.15, 0.2) is 0 Å². The van der Waals surface area contributed by atoms with E-state index in [2.05, 4.69) is 6.92 Å². The Balaban J connectivity index is 2.20. The molecule has 0 amide bonds. The molecule has 0 aromatic heterocycles. The Labute approximate surface area is 72.0 Å². The van der Waals surface area contributed by atoms with Gasteiger partial charge in [-0.3, -0.25) is 0 Å². The first-order chi connectivity index (χ1) is 5.71. The molecule has 3 nitrogen and oxygen atoms in total. The Kier molecular flexibility index (Phi) is 1.49. The van der Waals surface area contributed by atoms with E-state index in [0.717, 1.165) is 25.7 Å². The molecule has 0 N–H and O–H groups in total. The average Bonchev–Trinajstić information content (AvgIpc) is 2.64. The van der Waals surface area contributed by atoms with E-state index >= 15 is 0 Å². The number of hydrogen-bond acceptors (Lipinski definition) is 3. The van der Waals surface area contributed by atoms with Crippen LogP contribution in [0.25, 0.3) is 0 Å². The number of hydrogen-bond donors (Lipinski definition) is 0. The number of ether oxygens (including phenoxy) is 2. The Morgan fingerprint density at radius 1 is 1.58 bits per heavy atom. The maximum absolute atomic E-state index is 11.4. The smallest absolute Gasteiger partial charge is 0.341 e. The number of rotatable bonds is 2. The average molecular weight is 170 g/mol. The third-order valence-corrected chi connectivity index (χ3v) is 3.26. The van der Waals surface area contributed by atoms with Crippen LogP contribution < -0.4 is 0 Å². The van der Waals surface area contributed by atoms with Crippen molar-refractivity contribution in [1.29, 1.82) is 0 Å². The van der Waals surface area contributed by atoms with Crippen LogP contribution in [0.3, 0.4) is 0 Å². The highest BCUT2D eigenvalue weighted by Gasteiger charge is 2.76. The summed E-state index contributed by atoms with van der Waals surface area (Å²) in [6.45, 7) is 2.07. The summed E-state index contributed by atoms with van der Waals surface area (Å²) in [7, 11) is 1.43. The zero-order valence-corrected chi connectivity index (χ0v) is 7.55. The molecule has 2 rings (SSSR count). The van der Waals surface area contributed by atoms with Crippen molar-refractivity contribution in [2.75, 3.05) is 7.11 Å². The predicted octanol–water partition coefficient (Wildman–Crippen LogP) is 1.26. The van der Waals surface area contributed by atoms with Crippen molar-refractivity contribution in [2.24, 2.45) is 0 Å². The number of carbonyl (C=O) groups excluding carboxylic acids is 1. The predicted molar refractivity (Wildman–Crippen MR) is 42.7 cm³/mol. The summed E-state index contributed by atoms with van der Waals surface area (Å²) >= 11 is 0. The molecule has 2 fully saturated rings. The highest BCUT2D eigenvalue weighted by molar-refractivity contribution is 5.85. The summed E-state index contributed by atoms with van der Waals surface area (Å²) in [5.41, 5.74) is -0.698. The topological polar surface area (TPSA) is 38.8 Å². The van der Waals surface area contributed by atoms with Gasteiger partial charge in [0.25, 0.3) is 0 Å². The second-order valence-electron chi connectivity index (χ2n) is 3.62. The second-order valence-corrected chi connectivity index (χ2v) is 3.62. The van der Waals surface area contributed by atoms with Crippen molar-refractivity contribution in [3.8, 4) is 0 Å². The number of fused-ring (bicyclic) bond motifs is 1. The van der Waals surface area contributed by atoms with Crippen molar-refractivity contribution in [1.82, 2.24) is 0 Å². The summed E-state index contributed by atoms with van der Waals surface area (Å²) < 4.78 is 10.3. The van der Waals surface area contributed by atoms with Crippen LogP contribution in [0, 0.1) is 0 Å². The minimum atomic E-state index is -0.545. The molecular formula is C9H14O3. The molecule has 0 aromatic carbocycles. The monoisotopic (exact) mass is 170 g/mol. The number of esters is 1. The maximum atomic E-state index is 11.4. The van der Waals surface area contributed by atoms with Crippen molar-refractivity contribution < 1.29 is 14.3 Å². The zero-order chi connectivity index (χ0) is 8.82. The van der Waals surface area contributed by atoms with Gasteiger partial charge in [-0.1, -0.05) is 6.92 Å². The second kappa shape index (κ2) is 2.22. The van der Waals surface area contributed by atoms with Gasteiger partial charge in [0.05, 0.1) is 7.11 Å². The molecular weight excluding hydrogens is 156 g/mol. The fourth-order valence-corrected chi connectivity index (χ4v) is 2.49. The van der Waals surface area contributed by atoms with Gasteiger partial charge in [-0.2, -0.15) is 0 Å². The summed E-state index contributed by atoms with van der Waals surface area (Å²) in [6, 6.07) is 0. The van der Waals surface area contributed by atoms with Crippen LogP contribution in [0.5, 0.6) is 0 Å². The van der Waals surface area contributed by atoms with Crippen molar-refractivity contribution in [3.05, 3.63) is 0 Å². The molecule has 1 saturated heterocycles. The molecule has 0 bridgehead atoms. The van der Waals surface area contributed by atoms with E-state index in [1.165, 1.54) is 7.11 Å². The highest BCUT2D eigenvalue weighted by atomic mass is 16.7. The van der Waals surface area contributed by atoms with Gasteiger partial charge in [0.2, 0.25) is 0 Å². The van der Waals surface area contributed by atoms with Gasteiger partial charge in [-0.05, 0) is 25.7 Å². The van der Waals surface area contributed by atoms with Crippen LogP contribution in [-0.2, 0) is 14.3 Å².